The van der Waals surface area contributed by atoms with Gasteiger partial charge in [-0.3, -0.25) is 0 Å². The van der Waals surface area contributed by atoms with Crippen LogP contribution in [-0.4, -0.2) is 41.8 Å². The van der Waals surface area contributed by atoms with Crippen molar-refractivity contribution in [2.75, 3.05) is 6.54 Å². The standard InChI is InChI=1S/C26H37ClFNO4S/c1-6-19(23(8-3)17(4)13-18(5)28)14-22(7-2)34(32,33)29-16-20(9-12-26(30)31)24-15-21(27)10-11-25(24)29/h6-8,10,13,19-20,24-26,30-31H,1,3,9,11-12,14-16H2,2,4-5H3/b18-13+,22-7+,23-17+. The maximum atomic E-state index is 13.9. The smallest absolute Gasteiger partial charge is 0.239 e. The van der Waals surface area contributed by atoms with Gasteiger partial charge in [0, 0.05) is 23.5 Å². The molecule has 1 aliphatic heterocycles. The second kappa shape index (κ2) is 12.5. The summed E-state index contributed by atoms with van der Waals surface area (Å²) >= 11 is 6.29. The van der Waals surface area contributed by atoms with Crippen molar-refractivity contribution in [2.45, 2.75) is 65.2 Å². The molecule has 1 fully saturated rings. The molecule has 4 atom stereocenters. The first-order valence-corrected chi connectivity index (χ1v) is 13.4. The highest BCUT2D eigenvalue weighted by atomic mass is 35.5. The fraction of sp³-hybridized carbons (Fsp3) is 0.538. The van der Waals surface area contributed by atoms with Crippen LogP contribution in [0.2, 0.25) is 0 Å². The summed E-state index contributed by atoms with van der Waals surface area (Å²) in [6.45, 7) is 12.9. The molecule has 0 radical (unpaired) electrons. The molecule has 1 heterocycles. The lowest BCUT2D eigenvalue weighted by Crippen LogP contribution is -2.39. The zero-order chi connectivity index (χ0) is 25.6. The lowest BCUT2D eigenvalue weighted by Gasteiger charge is -2.31. The SMILES string of the molecule is C=C/C(=C(C)\C=C(/C)F)C(C=C)C/C(=C\C)S(=O)(=O)N1CC(CCC(O)O)C2CC(Cl)=CCC21. The molecule has 8 heteroatoms. The van der Waals surface area contributed by atoms with Gasteiger partial charge in [-0.1, -0.05) is 42.5 Å². The van der Waals surface area contributed by atoms with Gasteiger partial charge in [-0.15, -0.1) is 6.58 Å². The Morgan fingerprint density at radius 3 is 2.56 bits per heavy atom. The van der Waals surface area contributed by atoms with Crippen molar-refractivity contribution in [1.29, 1.82) is 0 Å². The van der Waals surface area contributed by atoms with Crippen molar-refractivity contribution in [1.82, 2.24) is 4.31 Å². The number of fused-ring (bicyclic) bond motifs is 1. The Morgan fingerprint density at radius 2 is 2.03 bits per heavy atom. The summed E-state index contributed by atoms with van der Waals surface area (Å²) < 4.78 is 42.7. The molecule has 190 valence electrons. The molecule has 1 saturated heterocycles. The van der Waals surface area contributed by atoms with Crippen LogP contribution in [0.15, 0.2) is 70.4 Å². The molecule has 0 aromatic heterocycles. The molecule has 0 amide bonds. The molecule has 0 bridgehead atoms. The van der Waals surface area contributed by atoms with E-state index < -0.39 is 16.3 Å². The number of nitrogens with zero attached hydrogens (tertiary/aromatic N) is 1. The van der Waals surface area contributed by atoms with Crippen molar-refractivity contribution in [2.24, 2.45) is 17.8 Å². The molecule has 4 unspecified atom stereocenters. The third-order valence-corrected chi connectivity index (χ3v) is 9.26. The highest BCUT2D eigenvalue weighted by molar-refractivity contribution is 7.93. The molecule has 2 aliphatic rings. The molecule has 0 saturated carbocycles. The van der Waals surface area contributed by atoms with Crippen molar-refractivity contribution >= 4 is 21.6 Å². The third-order valence-electron chi connectivity index (χ3n) is 6.85. The highest BCUT2D eigenvalue weighted by Gasteiger charge is 2.48. The van der Waals surface area contributed by atoms with Crippen LogP contribution in [0.4, 0.5) is 4.39 Å². The largest absolute Gasteiger partial charge is 0.368 e. The van der Waals surface area contributed by atoms with Crippen molar-refractivity contribution < 1.29 is 23.0 Å². The number of halogens is 2. The van der Waals surface area contributed by atoms with E-state index in [1.165, 1.54) is 13.0 Å². The van der Waals surface area contributed by atoms with Crippen molar-refractivity contribution in [3.8, 4) is 0 Å². The van der Waals surface area contributed by atoms with Crippen LogP contribution in [0.5, 0.6) is 0 Å². The van der Waals surface area contributed by atoms with Gasteiger partial charge in [0.25, 0.3) is 0 Å². The fourth-order valence-electron chi connectivity index (χ4n) is 5.17. The monoisotopic (exact) mass is 513 g/mol. The number of aliphatic hydroxyl groups is 2. The van der Waals surface area contributed by atoms with Crippen molar-refractivity contribution in [3.05, 3.63) is 70.4 Å². The lowest BCUT2D eigenvalue weighted by molar-refractivity contribution is -0.0495. The Hall–Kier alpha value is -1.51. The number of hydrogen-bond acceptors (Lipinski definition) is 4. The highest BCUT2D eigenvalue weighted by Crippen LogP contribution is 2.45. The minimum Gasteiger partial charge on any atom is -0.368 e. The van der Waals surface area contributed by atoms with Crippen LogP contribution in [-0.2, 0) is 10.0 Å². The topological polar surface area (TPSA) is 77.8 Å². The zero-order valence-corrected chi connectivity index (χ0v) is 21.8. The Kier molecular flexibility index (Phi) is 10.5. The van der Waals surface area contributed by atoms with Crippen LogP contribution in [0.3, 0.4) is 0 Å². The van der Waals surface area contributed by atoms with Gasteiger partial charge in [0.2, 0.25) is 10.0 Å². The average Bonchev–Trinajstić information content (AvgIpc) is 3.12. The van der Waals surface area contributed by atoms with E-state index in [0.717, 1.165) is 10.6 Å². The quantitative estimate of drug-likeness (QED) is 0.211. The van der Waals surface area contributed by atoms with Gasteiger partial charge in [0.15, 0.2) is 6.29 Å². The molecule has 5 nitrogen and oxygen atoms in total. The Bertz CT molecular complexity index is 992. The van der Waals surface area contributed by atoms with E-state index in [9.17, 15) is 23.0 Å². The summed E-state index contributed by atoms with van der Waals surface area (Å²) in [5.41, 5.74) is 1.40. The molecule has 0 aromatic carbocycles. The first-order valence-electron chi connectivity index (χ1n) is 11.6. The van der Waals surface area contributed by atoms with E-state index in [2.05, 4.69) is 13.2 Å². The lowest BCUT2D eigenvalue weighted by atomic mass is 9.81. The Balaban J connectivity index is 2.37. The minimum absolute atomic E-state index is 0.0131. The molecule has 2 rings (SSSR count). The summed E-state index contributed by atoms with van der Waals surface area (Å²) in [5, 5.41) is 19.4. The first kappa shape index (κ1) is 28.7. The van der Waals surface area contributed by atoms with Gasteiger partial charge in [0.1, 0.15) is 0 Å². The molecular weight excluding hydrogens is 477 g/mol. The number of hydrogen-bond donors (Lipinski definition) is 2. The Labute approximate surface area is 208 Å². The van der Waals surface area contributed by atoms with Gasteiger partial charge in [-0.05, 0) is 81.9 Å². The summed E-state index contributed by atoms with van der Waals surface area (Å²) in [4.78, 5) is 0.271. The molecule has 1 aliphatic carbocycles. The first-order chi connectivity index (χ1) is 16.0. The number of sulfonamides is 1. The minimum atomic E-state index is -3.80. The van der Waals surface area contributed by atoms with E-state index in [4.69, 9.17) is 11.6 Å². The van der Waals surface area contributed by atoms with E-state index in [1.54, 1.807) is 36.4 Å². The summed E-state index contributed by atoms with van der Waals surface area (Å²) in [5.74, 6) is -0.679. The average molecular weight is 514 g/mol. The number of rotatable bonds is 11. The maximum Gasteiger partial charge on any atom is 0.239 e. The third kappa shape index (κ3) is 6.79. The summed E-state index contributed by atoms with van der Waals surface area (Å²) in [6.07, 6.45) is 8.76. The van der Waals surface area contributed by atoms with Gasteiger partial charge in [-0.25, -0.2) is 12.8 Å². The van der Waals surface area contributed by atoms with E-state index in [0.29, 0.717) is 31.4 Å². The van der Waals surface area contributed by atoms with Gasteiger partial charge in [0.05, 0.1) is 10.7 Å². The van der Waals surface area contributed by atoms with Gasteiger partial charge in [-0.2, -0.15) is 4.31 Å². The van der Waals surface area contributed by atoms with Crippen LogP contribution in [0.25, 0.3) is 0 Å². The van der Waals surface area contributed by atoms with Crippen LogP contribution in [0, 0.1) is 17.8 Å². The molecule has 2 N–H and O–H groups in total. The Morgan fingerprint density at radius 1 is 1.35 bits per heavy atom. The van der Waals surface area contributed by atoms with Crippen LogP contribution >= 0.6 is 11.6 Å². The normalized spacial score (nSPS) is 26.1. The fourth-order valence-corrected chi connectivity index (χ4v) is 7.42. The van der Waals surface area contributed by atoms with Crippen molar-refractivity contribution in [3.63, 3.8) is 0 Å². The van der Waals surface area contributed by atoms with Gasteiger partial charge < -0.3 is 10.2 Å². The molecular formula is C26H37ClFNO4S. The van der Waals surface area contributed by atoms with E-state index >= 15 is 0 Å². The predicted molar refractivity (Wildman–Crippen MR) is 137 cm³/mol. The zero-order valence-electron chi connectivity index (χ0n) is 20.3. The van der Waals surface area contributed by atoms with Crippen LogP contribution < -0.4 is 0 Å². The second-order valence-electron chi connectivity index (χ2n) is 9.09. The predicted octanol–water partition coefficient (Wildman–Crippen LogP) is 5.71. The number of allylic oxidation sites excluding steroid dienone is 9. The van der Waals surface area contributed by atoms with E-state index in [1.807, 2.05) is 6.08 Å². The number of aliphatic hydroxyl groups excluding tert-OH is 1. The van der Waals surface area contributed by atoms with Crippen LogP contribution in [0.1, 0.15) is 52.9 Å². The molecule has 0 aromatic rings. The summed E-state index contributed by atoms with van der Waals surface area (Å²) in [6, 6.07) is -0.223. The molecule has 34 heavy (non-hydrogen) atoms. The summed E-state index contributed by atoms with van der Waals surface area (Å²) in [7, 11) is -3.80. The van der Waals surface area contributed by atoms with Gasteiger partial charge >= 0.3 is 0 Å². The van der Waals surface area contributed by atoms with E-state index in [-0.39, 0.29) is 47.4 Å². The molecule has 0 spiro atoms. The maximum absolute atomic E-state index is 13.9. The second-order valence-corrected chi connectivity index (χ2v) is 11.5.